The minimum absolute atomic E-state index is 0.00577. The molecule has 0 aromatic heterocycles. The van der Waals surface area contributed by atoms with Crippen molar-refractivity contribution < 1.29 is 9.53 Å². The average Bonchev–Trinajstić information content (AvgIpc) is 3.12. The van der Waals surface area contributed by atoms with Crippen LogP contribution in [0.4, 0.5) is 0 Å². The van der Waals surface area contributed by atoms with E-state index >= 15 is 0 Å². The first-order chi connectivity index (χ1) is 18.7. The lowest BCUT2D eigenvalue weighted by molar-refractivity contribution is -0.133. The van der Waals surface area contributed by atoms with Gasteiger partial charge >= 0.3 is 0 Å². The maximum absolute atomic E-state index is 14.3. The lowest BCUT2D eigenvalue weighted by Gasteiger charge is -2.45. The molecular weight excluding hydrogens is 539 g/mol. The zero-order chi connectivity index (χ0) is 29.5. The highest BCUT2D eigenvalue weighted by Crippen LogP contribution is 2.54. The summed E-state index contributed by atoms with van der Waals surface area (Å²) in [6, 6.07) is 21.7. The summed E-state index contributed by atoms with van der Waals surface area (Å²) in [7, 11) is 0. The van der Waals surface area contributed by atoms with Crippen LogP contribution in [0.3, 0.4) is 0 Å². The summed E-state index contributed by atoms with van der Waals surface area (Å²) >= 11 is 12.6. The Morgan fingerprint density at radius 1 is 0.925 bits per heavy atom. The molecule has 4 nitrogen and oxygen atoms in total. The van der Waals surface area contributed by atoms with E-state index in [2.05, 4.69) is 66.7 Å². The van der Waals surface area contributed by atoms with Crippen LogP contribution in [0, 0.1) is 5.92 Å². The van der Waals surface area contributed by atoms with Crippen LogP contribution in [0.5, 0.6) is 5.75 Å². The molecule has 212 valence electrons. The summed E-state index contributed by atoms with van der Waals surface area (Å²) in [4.78, 5) is 21.7. The van der Waals surface area contributed by atoms with E-state index in [-0.39, 0.29) is 17.2 Å². The first-order valence-electron chi connectivity index (χ1n) is 13.9. The number of amidine groups is 1. The van der Waals surface area contributed by atoms with E-state index < -0.39 is 11.1 Å². The van der Waals surface area contributed by atoms with Gasteiger partial charge in [0.15, 0.2) is 0 Å². The predicted octanol–water partition coefficient (Wildman–Crippen LogP) is 9.16. The van der Waals surface area contributed by atoms with Crippen LogP contribution in [0.2, 0.25) is 10.0 Å². The Balaban J connectivity index is 2.06. The molecule has 0 saturated carbocycles. The zero-order valence-electron chi connectivity index (χ0n) is 24.8. The number of amides is 1. The van der Waals surface area contributed by atoms with Crippen molar-refractivity contribution in [3.05, 3.63) is 99.0 Å². The quantitative estimate of drug-likeness (QED) is 0.280. The molecule has 0 N–H and O–H groups in total. The van der Waals surface area contributed by atoms with Crippen molar-refractivity contribution in [2.45, 2.75) is 78.3 Å². The van der Waals surface area contributed by atoms with Gasteiger partial charge in [0.05, 0.1) is 12.2 Å². The van der Waals surface area contributed by atoms with Crippen molar-refractivity contribution in [3.63, 3.8) is 0 Å². The molecule has 2 atom stereocenters. The number of ether oxygens (including phenoxy) is 1. The van der Waals surface area contributed by atoms with Crippen LogP contribution in [0.25, 0.3) is 0 Å². The number of halogens is 2. The molecule has 40 heavy (non-hydrogen) atoms. The molecule has 0 spiro atoms. The van der Waals surface area contributed by atoms with Crippen molar-refractivity contribution in [1.29, 1.82) is 0 Å². The van der Waals surface area contributed by atoms with Crippen LogP contribution in [-0.4, -0.2) is 23.2 Å². The Bertz CT molecular complexity index is 1410. The van der Waals surface area contributed by atoms with E-state index in [0.717, 1.165) is 28.0 Å². The largest absolute Gasteiger partial charge is 0.493 e. The van der Waals surface area contributed by atoms with Gasteiger partial charge in [-0.3, -0.25) is 14.7 Å². The highest BCUT2D eigenvalue weighted by molar-refractivity contribution is 6.30. The number of aliphatic imine (C=N–C) groups is 1. The molecule has 0 saturated heterocycles. The molecule has 3 aromatic rings. The van der Waals surface area contributed by atoms with Crippen molar-refractivity contribution >= 4 is 34.9 Å². The number of nitrogens with zero attached hydrogens (tertiary/aromatic N) is 2. The summed E-state index contributed by atoms with van der Waals surface area (Å²) in [5, 5.41) is 1.28. The zero-order valence-corrected chi connectivity index (χ0v) is 26.3. The summed E-state index contributed by atoms with van der Waals surface area (Å²) in [6.07, 6.45) is 0.378. The number of hydrogen-bond acceptors (Lipinski definition) is 3. The lowest BCUT2D eigenvalue weighted by Crippen LogP contribution is -2.55. The maximum Gasteiger partial charge on any atom is 0.229 e. The molecule has 6 heteroatoms. The highest BCUT2D eigenvalue weighted by atomic mass is 35.5. The smallest absolute Gasteiger partial charge is 0.229 e. The molecule has 3 aromatic carbocycles. The summed E-state index contributed by atoms with van der Waals surface area (Å²) in [5.41, 5.74) is 2.05. The summed E-state index contributed by atoms with van der Waals surface area (Å²) < 4.78 is 6.22. The third-order valence-electron chi connectivity index (χ3n) is 7.97. The third kappa shape index (κ3) is 5.41. The lowest BCUT2D eigenvalue weighted by atomic mass is 9.70. The minimum atomic E-state index is -0.876. The molecule has 0 bridgehead atoms. The molecular formula is C34H40Cl2N2O2. The number of hydrogen-bond donors (Lipinski definition) is 0. The van der Waals surface area contributed by atoms with Crippen molar-refractivity contribution in [2.75, 3.05) is 6.61 Å². The molecule has 1 heterocycles. The first kappa shape index (κ1) is 30.1. The van der Waals surface area contributed by atoms with Gasteiger partial charge in [-0.15, -0.1) is 0 Å². The second-order valence-corrected chi connectivity index (χ2v) is 13.2. The van der Waals surface area contributed by atoms with Gasteiger partial charge in [0.1, 0.15) is 22.7 Å². The standard InChI is InChI=1S/C34H40Cl2N2O2/c1-9-40-29-21-25(32(4,5)6)14-19-28(29)31-37-33(7,23-10-15-26(35)16-11-23)34(8,24-12-17-27(36)18-13-24)38(31)30(39)20-22(2)3/h10-19,21-22H,9,20H2,1-8H3. The predicted molar refractivity (Wildman–Crippen MR) is 167 cm³/mol. The van der Waals surface area contributed by atoms with Gasteiger partial charge in [0.25, 0.3) is 0 Å². The van der Waals surface area contributed by atoms with Gasteiger partial charge in [-0.25, -0.2) is 0 Å². The van der Waals surface area contributed by atoms with Gasteiger partial charge in [-0.1, -0.05) is 88.2 Å². The van der Waals surface area contributed by atoms with Crippen molar-refractivity contribution in [2.24, 2.45) is 10.9 Å². The fourth-order valence-electron chi connectivity index (χ4n) is 5.54. The summed E-state index contributed by atoms with van der Waals surface area (Å²) in [5.74, 6) is 1.49. The average molecular weight is 580 g/mol. The molecule has 1 aliphatic rings. The number of benzene rings is 3. The van der Waals surface area contributed by atoms with E-state index in [4.69, 9.17) is 32.9 Å². The Morgan fingerprint density at radius 2 is 1.48 bits per heavy atom. The summed E-state index contributed by atoms with van der Waals surface area (Å²) in [6.45, 7) is 17.3. The number of carbonyl (C=O) groups is 1. The van der Waals surface area contributed by atoms with Crippen LogP contribution in [0.1, 0.15) is 84.1 Å². The molecule has 2 unspecified atom stereocenters. The molecule has 0 radical (unpaired) electrons. The maximum atomic E-state index is 14.3. The van der Waals surface area contributed by atoms with E-state index in [9.17, 15) is 4.79 Å². The molecule has 0 fully saturated rings. The minimum Gasteiger partial charge on any atom is -0.493 e. The Labute approximate surface area is 249 Å². The van der Waals surface area contributed by atoms with Gasteiger partial charge in [0, 0.05) is 16.5 Å². The van der Waals surface area contributed by atoms with Crippen LogP contribution < -0.4 is 4.74 Å². The topological polar surface area (TPSA) is 41.9 Å². The first-order valence-corrected chi connectivity index (χ1v) is 14.7. The molecule has 4 rings (SSSR count). The fraction of sp³-hybridized carbons (Fsp3) is 0.412. The Hall–Kier alpha value is -2.82. The normalized spacial score (nSPS) is 21.1. The Morgan fingerprint density at radius 3 is 1.98 bits per heavy atom. The molecule has 1 aliphatic heterocycles. The number of carbonyl (C=O) groups excluding carboxylic acids is 1. The van der Waals surface area contributed by atoms with E-state index in [1.807, 2.05) is 60.4 Å². The van der Waals surface area contributed by atoms with Gasteiger partial charge < -0.3 is 4.74 Å². The van der Waals surface area contributed by atoms with Crippen molar-refractivity contribution in [3.8, 4) is 5.75 Å². The van der Waals surface area contributed by atoms with Gasteiger partial charge in [-0.2, -0.15) is 0 Å². The fourth-order valence-corrected chi connectivity index (χ4v) is 5.79. The molecule has 0 aliphatic carbocycles. The van der Waals surface area contributed by atoms with Crippen LogP contribution in [-0.2, 0) is 21.3 Å². The van der Waals surface area contributed by atoms with Crippen LogP contribution in [0.15, 0.2) is 71.7 Å². The van der Waals surface area contributed by atoms with Gasteiger partial charge in [0.2, 0.25) is 5.91 Å². The van der Waals surface area contributed by atoms with E-state index in [1.54, 1.807) is 0 Å². The number of rotatable bonds is 7. The SMILES string of the molecule is CCOc1cc(C(C)(C)C)ccc1C1=NC(C)(c2ccc(Cl)cc2)C(C)(c2ccc(Cl)cc2)N1C(=O)CC(C)C. The van der Waals surface area contributed by atoms with E-state index in [1.165, 1.54) is 0 Å². The third-order valence-corrected chi connectivity index (χ3v) is 8.47. The van der Waals surface area contributed by atoms with Gasteiger partial charge in [-0.05, 0) is 85.2 Å². The second kappa shape index (κ2) is 11.2. The molecule has 1 amide bonds. The monoisotopic (exact) mass is 578 g/mol. The highest BCUT2D eigenvalue weighted by Gasteiger charge is 2.59. The second-order valence-electron chi connectivity index (χ2n) is 12.3. The Kier molecular flexibility index (Phi) is 8.45. The van der Waals surface area contributed by atoms with E-state index in [0.29, 0.717) is 28.9 Å². The van der Waals surface area contributed by atoms with Crippen molar-refractivity contribution in [1.82, 2.24) is 4.90 Å². The van der Waals surface area contributed by atoms with Crippen LogP contribution >= 0.6 is 23.2 Å².